The first kappa shape index (κ1) is 14.2. The Hall–Kier alpha value is -1.21. The minimum absolute atomic E-state index is 0.558. The van der Waals surface area contributed by atoms with Gasteiger partial charge in [0.25, 0.3) is 0 Å². The molecule has 0 saturated carbocycles. The van der Waals surface area contributed by atoms with Gasteiger partial charge in [-0.05, 0) is 35.1 Å². The van der Waals surface area contributed by atoms with Crippen LogP contribution < -0.4 is 5.32 Å². The Bertz CT molecular complexity index is 560. The number of hydrogen-bond donors (Lipinski definition) is 1. The van der Waals surface area contributed by atoms with Gasteiger partial charge in [-0.3, -0.25) is 0 Å². The molecule has 2 rings (SSSR count). The van der Waals surface area contributed by atoms with Crippen molar-refractivity contribution >= 4 is 28.4 Å². The van der Waals surface area contributed by atoms with Gasteiger partial charge in [0.15, 0.2) is 5.82 Å². The predicted octanol–water partition coefficient (Wildman–Crippen LogP) is 3.33. The lowest BCUT2D eigenvalue weighted by Gasteiger charge is -2.10. The molecule has 100 valence electrons. The Kier molecular flexibility index (Phi) is 5.09. The van der Waals surface area contributed by atoms with E-state index in [0.717, 1.165) is 32.9 Å². The number of rotatable bonds is 5. The van der Waals surface area contributed by atoms with E-state index in [0.29, 0.717) is 6.61 Å². The highest BCUT2D eigenvalue weighted by Gasteiger charge is 2.10. The molecule has 0 spiro atoms. The second kappa shape index (κ2) is 6.81. The average Bonchev–Trinajstić information content (AvgIpc) is 2.43. The van der Waals surface area contributed by atoms with Crippen molar-refractivity contribution in [3.63, 3.8) is 0 Å². The van der Waals surface area contributed by atoms with Gasteiger partial charge in [0.2, 0.25) is 0 Å². The summed E-state index contributed by atoms with van der Waals surface area (Å²) in [4.78, 5) is 9.01. The molecule has 1 aromatic carbocycles. The van der Waals surface area contributed by atoms with E-state index in [1.165, 1.54) is 0 Å². The van der Waals surface area contributed by atoms with Crippen molar-refractivity contribution in [2.45, 2.75) is 13.5 Å². The molecule has 0 aliphatic rings. The Morgan fingerprint density at radius 3 is 2.84 bits per heavy atom. The number of benzene rings is 1. The summed E-state index contributed by atoms with van der Waals surface area (Å²) in [5.74, 6) is 1.60. The molecule has 1 N–H and O–H groups in total. The van der Waals surface area contributed by atoms with Gasteiger partial charge < -0.3 is 10.1 Å². The predicted molar refractivity (Wildman–Crippen MR) is 85.1 cm³/mol. The zero-order chi connectivity index (χ0) is 13.7. The summed E-state index contributed by atoms with van der Waals surface area (Å²) in [6.45, 7) is 3.45. The average molecular weight is 369 g/mol. The quantitative estimate of drug-likeness (QED) is 0.822. The number of ether oxygens (including phenoxy) is 1. The summed E-state index contributed by atoms with van der Waals surface area (Å²) in [7, 11) is 1.69. The number of nitrogens with zero attached hydrogens (tertiary/aromatic N) is 2. The molecule has 0 atom stereocenters. The highest BCUT2D eigenvalue weighted by atomic mass is 127. The van der Waals surface area contributed by atoms with Crippen LogP contribution in [0, 0.1) is 3.57 Å². The van der Waals surface area contributed by atoms with Gasteiger partial charge in [0.05, 0.1) is 10.2 Å². The van der Waals surface area contributed by atoms with Gasteiger partial charge in [0, 0.05) is 25.4 Å². The molecular formula is C14H16IN3O. The molecule has 1 heterocycles. The molecule has 0 aliphatic heterocycles. The topological polar surface area (TPSA) is 47.0 Å². The second-order valence-corrected chi connectivity index (χ2v) is 5.17. The first-order valence-electron chi connectivity index (χ1n) is 6.10. The third-order valence-electron chi connectivity index (χ3n) is 2.65. The first-order valence-corrected chi connectivity index (χ1v) is 7.17. The molecule has 0 bridgehead atoms. The van der Waals surface area contributed by atoms with Crippen LogP contribution in [0.25, 0.3) is 11.4 Å². The molecule has 0 fully saturated rings. The standard InChI is InChI=1S/C14H16IN3O/c1-3-16-14-12(15)8-17-13(18-14)11-7-5-4-6-10(11)9-19-2/h4-8H,3,9H2,1-2H3,(H,16,17,18). The van der Waals surface area contributed by atoms with Crippen LogP contribution in [0.3, 0.4) is 0 Å². The highest BCUT2D eigenvalue weighted by Crippen LogP contribution is 2.24. The van der Waals surface area contributed by atoms with Crippen LogP contribution in [0.2, 0.25) is 0 Å². The molecule has 0 aliphatic carbocycles. The van der Waals surface area contributed by atoms with E-state index >= 15 is 0 Å². The lowest BCUT2D eigenvalue weighted by atomic mass is 10.1. The molecule has 1 aromatic heterocycles. The van der Waals surface area contributed by atoms with E-state index in [1.54, 1.807) is 7.11 Å². The fraction of sp³-hybridized carbons (Fsp3) is 0.286. The highest BCUT2D eigenvalue weighted by molar-refractivity contribution is 14.1. The molecule has 19 heavy (non-hydrogen) atoms. The molecule has 0 radical (unpaired) electrons. The Labute approximate surface area is 126 Å². The zero-order valence-corrected chi connectivity index (χ0v) is 13.1. The third kappa shape index (κ3) is 3.42. The van der Waals surface area contributed by atoms with Gasteiger partial charge in [-0.25, -0.2) is 9.97 Å². The van der Waals surface area contributed by atoms with Crippen LogP contribution >= 0.6 is 22.6 Å². The van der Waals surface area contributed by atoms with Gasteiger partial charge in [-0.2, -0.15) is 0 Å². The summed E-state index contributed by atoms with van der Waals surface area (Å²) < 4.78 is 6.24. The van der Waals surface area contributed by atoms with Gasteiger partial charge in [0.1, 0.15) is 5.82 Å². The summed E-state index contributed by atoms with van der Waals surface area (Å²) in [6.07, 6.45) is 1.84. The van der Waals surface area contributed by atoms with Crippen LogP contribution in [0.15, 0.2) is 30.5 Å². The minimum Gasteiger partial charge on any atom is -0.380 e. The summed E-state index contributed by atoms with van der Waals surface area (Å²) in [5.41, 5.74) is 2.11. The van der Waals surface area contributed by atoms with Crippen LogP contribution in [0.5, 0.6) is 0 Å². The second-order valence-electron chi connectivity index (χ2n) is 4.01. The molecule has 2 aromatic rings. The monoisotopic (exact) mass is 369 g/mol. The zero-order valence-electron chi connectivity index (χ0n) is 11.0. The summed E-state index contributed by atoms with van der Waals surface area (Å²) in [5, 5.41) is 3.25. The molecular weight excluding hydrogens is 353 g/mol. The van der Waals surface area contributed by atoms with Gasteiger partial charge >= 0.3 is 0 Å². The fourth-order valence-electron chi connectivity index (χ4n) is 1.81. The fourth-order valence-corrected chi connectivity index (χ4v) is 2.26. The van der Waals surface area contributed by atoms with Crippen LogP contribution in [-0.4, -0.2) is 23.6 Å². The van der Waals surface area contributed by atoms with E-state index in [4.69, 9.17) is 4.74 Å². The third-order valence-corrected chi connectivity index (χ3v) is 3.44. The number of nitrogens with one attached hydrogen (secondary N) is 1. The summed E-state index contributed by atoms with van der Waals surface area (Å²) >= 11 is 2.23. The van der Waals surface area contributed by atoms with Gasteiger partial charge in [-0.15, -0.1) is 0 Å². The molecule has 0 amide bonds. The lowest BCUT2D eigenvalue weighted by molar-refractivity contribution is 0.185. The smallest absolute Gasteiger partial charge is 0.161 e. The van der Waals surface area contributed by atoms with E-state index in [9.17, 15) is 0 Å². The molecule has 5 heteroatoms. The van der Waals surface area contributed by atoms with Crippen molar-refractivity contribution in [1.29, 1.82) is 0 Å². The largest absolute Gasteiger partial charge is 0.380 e. The number of methoxy groups -OCH3 is 1. The number of aromatic nitrogens is 2. The molecule has 4 nitrogen and oxygen atoms in total. The van der Waals surface area contributed by atoms with Gasteiger partial charge in [-0.1, -0.05) is 24.3 Å². The molecule has 0 saturated heterocycles. The van der Waals surface area contributed by atoms with Crippen molar-refractivity contribution in [3.05, 3.63) is 39.6 Å². The SMILES string of the molecule is CCNc1nc(-c2ccccc2COC)ncc1I. The van der Waals surface area contributed by atoms with Crippen molar-refractivity contribution in [3.8, 4) is 11.4 Å². The van der Waals surface area contributed by atoms with Crippen LogP contribution in [0.1, 0.15) is 12.5 Å². The van der Waals surface area contributed by atoms with Crippen molar-refractivity contribution in [2.24, 2.45) is 0 Å². The maximum Gasteiger partial charge on any atom is 0.161 e. The maximum absolute atomic E-state index is 5.22. The minimum atomic E-state index is 0.558. The number of hydrogen-bond acceptors (Lipinski definition) is 4. The van der Waals surface area contributed by atoms with Crippen molar-refractivity contribution in [1.82, 2.24) is 9.97 Å². The Balaban J connectivity index is 2.44. The molecule has 0 unspecified atom stereocenters. The van der Waals surface area contributed by atoms with E-state index in [1.807, 2.05) is 30.5 Å². The maximum atomic E-state index is 5.22. The van der Waals surface area contributed by atoms with E-state index < -0.39 is 0 Å². The number of halogens is 1. The lowest BCUT2D eigenvalue weighted by Crippen LogP contribution is -2.04. The van der Waals surface area contributed by atoms with Crippen LogP contribution in [-0.2, 0) is 11.3 Å². The number of anilines is 1. The van der Waals surface area contributed by atoms with E-state index in [-0.39, 0.29) is 0 Å². The normalized spacial score (nSPS) is 10.5. The Morgan fingerprint density at radius 2 is 2.11 bits per heavy atom. The Morgan fingerprint density at radius 1 is 1.32 bits per heavy atom. The van der Waals surface area contributed by atoms with E-state index in [2.05, 4.69) is 44.8 Å². The van der Waals surface area contributed by atoms with Crippen LogP contribution in [0.4, 0.5) is 5.82 Å². The van der Waals surface area contributed by atoms with Crippen molar-refractivity contribution < 1.29 is 4.74 Å². The first-order chi connectivity index (χ1) is 9.26. The van der Waals surface area contributed by atoms with Crippen molar-refractivity contribution in [2.75, 3.05) is 19.0 Å². The summed E-state index contributed by atoms with van der Waals surface area (Å²) in [6, 6.07) is 8.04.